The van der Waals surface area contributed by atoms with Crippen molar-refractivity contribution >= 4 is 22.3 Å². The summed E-state index contributed by atoms with van der Waals surface area (Å²) in [5.41, 5.74) is 2.95. The largest absolute Gasteiger partial charge is 0.508 e. The molecule has 4 aromatic rings. The first-order chi connectivity index (χ1) is 11.6. The Balaban J connectivity index is 1.88. The lowest BCUT2D eigenvalue weighted by Crippen LogP contribution is -2.06. The maximum absolute atomic E-state index is 12.8. The summed E-state index contributed by atoms with van der Waals surface area (Å²) in [5, 5.41) is 12.8. The number of aryl methyl sites for hydroxylation is 1. The Labute approximate surface area is 141 Å². The highest BCUT2D eigenvalue weighted by molar-refractivity contribution is 7.13. The van der Waals surface area contributed by atoms with E-state index in [4.69, 9.17) is 4.42 Å². The monoisotopic (exact) mass is 335 g/mol. The Hall–Kier alpha value is -2.92. The highest BCUT2D eigenvalue weighted by atomic mass is 32.1. The molecule has 0 saturated heterocycles. The molecule has 0 radical (unpaired) electrons. The molecular weight excluding hydrogens is 322 g/mol. The molecule has 0 aliphatic heterocycles. The zero-order valence-electron chi connectivity index (χ0n) is 12.8. The fourth-order valence-corrected chi connectivity index (χ4v) is 3.54. The number of phenolic OH excluding ortho intramolecular Hbond substituents is 1. The van der Waals surface area contributed by atoms with E-state index in [1.165, 1.54) is 23.7 Å². The van der Waals surface area contributed by atoms with Crippen molar-refractivity contribution in [3.63, 3.8) is 0 Å². The van der Waals surface area contributed by atoms with Gasteiger partial charge in [0.1, 0.15) is 22.6 Å². The van der Waals surface area contributed by atoms with Gasteiger partial charge in [-0.2, -0.15) is 0 Å². The van der Waals surface area contributed by atoms with Crippen LogP contribution in [0.3, 0.4) is 0 Å². The second-order valence-electron chi connectivity index (χ2n) is 5.52. The number of hydrogen-bond donors (Lipinski definition) is 1. The van der Waals surface area contributed by atoms with Crippen molar-refractivity contribution in [2.75, 3.05) is 0 Å². The average Bonchev–Trinajstić information content (AvgIpc) is 3.05. The molecule has 0 bridgehead atoms. The normalized spacial score (nSPS) is 11.0. The molecule has 2 aromatic heterocycles. The molecule has 4 rings (SSSR count). The first kappa shape index (κ1) is 14.7. The fraction of sp³-hybridized carbons (Fsp3) is 0.0526. The van der Waals surface area contributed by atoms with Crippen LogP contribution in [0.1, 0.15) is 5.56 Å². The fourth-order valence-electron chi connectivity index (χ4n) is 2.72. The molecule has 2 heterocycles. The van der Waals surface area contributed by atoms with Gasteiger partial charge in [0, 0.05) is 17.0 Å². The molecule has 0 atom stereocenters. The molecule has 2 aromatic carbocycles. The predicted octanol–water partition coefficient (Wildman–Crippen LogP) is 4.60. The summed E-state index contributed by atoms with van der Waals surface area (Å²) < 4.78 is 5.56. The molecule has 0 fully saturated rings. The van der Waals surface area contributed by atoms with Crippen LogP contribution < -0.4 is 5.43 Å². The van der Waals surface area contributed by atoms with Crippen molar-refractivity contribution in [2.45, 2.75) is 6.92 Å². The summed E-state index contributed by atoms with van der Waals surface area (Å²) in [5.74, 6) is 0.0796. The maximum Gasteiger partial charge on any atom is 0.202 e. The van der Waals surface area contributed by atoms with Crippen molar-refractivity contribution < 1.29 is 9.52 Å². The van der Waals surface area contributed by atoms with E-state index < -0.39 is 0 Å². The highest BCUT2D eigenvalue weighted by Crippen LogP contribution is 2.29. The average molecular weight is 335 g/mol. The maximum atomic E-state index is 12.8. The van der Waals surface area contributed by atoms with Crippen LogP contribution in [0.2, 0.25) is 0 Å². The second-order valence-corrected chi connectivity index (χ2v) is 6.38. The molecule has 118 valence electrons. The van der Waals surface area contributed by atoms with Crippen LogP contribution in [0.25, 0.3) is 32.8 Å². The minimum absolute atomic E-state index is 0.0796. The molecule has 0 unspecified atom stereocenters. The van der Waals surface area contributed by atoms with Gasteiger partial charge in [0.15, 0.2) is 0 Å². The number of aromatic nitrogens is 1. The summed E-state index contributed by atoms with van der Waals surface area (Å²) in [6.07, 6.45) is 1.41. The van der Waals surface area contributed by atoms with Gasteiger partial charge in [0.05, 0.1) is 16.6 Å². The summed E-state index contributed by atoms with van der Waals surface area (Å²) >= 11 is 1.49. The summed E-state index contributed by atoms with van der Waals surface area (Å²) in [6, 6.07) is 12.8. The topological polar surface area (TPSA) is 63.3 Å². The first-order valence-electron chi connectivity index (χ1n) is 7.40. The number of aromatic hydroxyl groups is 1. The Bertz CT molecular complexity index is 1100. The number of rotatable bonds is 2. The summed E-state index contributed by atoms with van der Waals surface area (Å²) in [6.45, 7) is 1.78. The smallest absolute Gasteiger partial charge is 0.202 e. The molecular formula is C19H13NO3S. The van der Waals surface area contributed by atoms with Gasteiger partial charge in [0.25, 0.3) is 0 Å². The Morgan fingerprint density at radius 2 is 1.96 bits per heavy atom. The number of hydrogen-bond acceptors (Lipinski definition) is 5. The minimum Gasteiger partial charge on any atom is -0.508 e. The third-order valence-electron chi connectivity index (χ3n) is 3.86. The van der Waals surface area contributed by atoms with Gasteiger partial charge in [0.2, 0.25) is 5.43 Å². The Morgan fingerprint density at radius 3 is 2.75 bits per heavy atom. The van der Waals surface area contributed by atoms with Gasteiger partial charge >= 0.3 is 0 Å². The van der Waals surface area contributed by atoms with Crippen LogP contribution >= 0.6 is 11.3 Å². The zero-order chi connectivity index (χ0) is 16.7. The molecule has 5 heteroatoms. The van der Waals surface area contributed by atoms with Crippen LogP contribution in [0.5, 0.6) is 5.75 Å². The lowest BCUT2D eigenvalue weighted by atomic mass is 10.1. The van der Waals surface area contributed by atoms with E-state index >= 15 is 0 Å². The van der Waals surface area contributed by atoms with Crippen molar-refractivity contribution in [2.24, 2.45) is 0 Å². The number of thiazole rings is 1. The molecule has 24 heavy (non-hydrogen) atoms. The predicted molar refractivity (Wildman–Crippen MR) is 95.4 cm³/mol. The number of benzene rings is 2. The van der Waals surface area contributed by atoms with Crippen molar-refractivity contribution in [3.8, 4) is 27.6 Å². The van der Waals surface area contributed by atoms with Gasteiger partial charge in [-0.15, -0.1) is 11.3 Å². The van der Waals surface area contributed by atoms with Gasteiger partial charge in [-0.05, 0) is 18.6 Å². The quantitative estimate of drug-likeness (QED) is 0.581. The minimum atomic E-state index is -0.140. The molecule has 0 spiro atoms. The molecule has 4 nitrogen and oxygen atoms in total. The molecule has 0 aliphatic rings. The second kappa shape index (κ2) is 5.62. The van der Waals surface area contributed by atoms with E-state index in [0.717, 1.165) is 10.6 Å². The third kappa shape index (κ3) is 2.39. The number of fused-ring (bicyclic) bond motifs is 1. The number of nitrogens with zero attached hydrogens (tertiary/aromatic N) is 1. The van der Waals surface area contributed by atoms with E-state index in [1.807, 2.05) is 35.7 Å². The Kier molecular flexibility index (Phi) is 3.43. The van der Waals surface area contributed by atoms with Crippen LogP contribution in [-0.4, -0.2) is 10.1 Å². The van der Waals surface area contributed by atoms with E-state index in [-0.39, 0.29) is 11.2 Å². The standard InChI is InChI=1S/C19H13NO3S/c1-11-7-13(21)8-16-17(11)18(22)14(9-23-16)15-10-24-19(20-15)12-5-3-2-4-6-12/h2-10,21H,1H3. The first-order valence-corrected chi connectivity index (χ1v) is 8.28. The van der Waals surface area contributed by atoms with Gasteiger partial charge < -0.3 is 9.52 Å². The summed E-state index contributed by atoms with van der Waals surface area (Å²) in [7, 11) is 0. The molecule has 0 aliphatic carbocycles. The molecule has 0 saturated carbocycles. The Morgan fingerprint density at radius 1 is 1.17 bits per heavy atom. The van der Waals surface area contributed by atoms with Gasteiger partial charge in [-0.3, -0.25) is 4.79 Å². The van der Waals surface area contributed by atoms with E-state index in [9.17, 15) is 9.90 Å². The molecule has 1 N–H and O–H groups in total. The van der Waals surface area contributed by atoms with E-state index in [1.54, 1.807) is 13.0 Å². The van der Waals surface area contributed by atoms with Gasteiger partial charge in [-0.1, -0.05) is 30.3 Å². The van der Waals surface area contributed by atoms with Crippen molar-refractivity contribution in [1.82, 2.24) is 4.98 Å². The van der Waals surface area contributed by atoms with E-state index in [0.29, 0.717) is 27.8 Å². The molecule has 0 amide bonds. The SMILES string of the molecule is Cc1cc(O)cc2occ(-c3csc(-c4ccccc4)n3)c(=O)c12. The third-order valence-corrected chi connectivity index (χ3v) is 4.75. The lowest BCUT2D eigenvalue weighted by Gasteiger charge is -2.04. The van der Waals surface area contributed by atoms with E-state index in [2.05, 4.69) is 4.98 Å². The zero-order valence-corrected chi connectivity index (χ0v) is 13.6. The van der Waals surface area contributed by atoms with Crippen LogP contribution in [0.15, 0.2) is 63.3 Å². The summed E-state index contributed by atoms with van der Waals surface area (Å²) in [4.78, 5) is 17.4. The highest BCUT2D eigenvalue weighted by Gasteiger charge is 2.15. The van der Waals surface area contributed by atoms with Crippen molar-refractivity contribution in [1.29, 1.82) is 0 Å². The van der Waals surface area contributed by atoms with Crippen LogP contribution in [0, 0.1) is 6.92 Å². The van der Waals surface area contributed by atoms with Gasteiger partial charge in [-0.25, -0.2) is 4.98 Å². The van der Waals surface area contributed by atoms with Crippen LogP contribution in [-0.2, 0) is 0 Å². The lowest BCUT2D eigenvalue weighted by molar-refractivity contribution is 0.473. The van der Waals surface area contributed by atoms with Crippen LogP contribution in [0.4, 0.5) is 0 Å². The van der Waals surface area contributed by atoms with Crippen molar-refractivity contribution in [3.05, 3.63) is 69.9 Å². The number of phenols is 1.